The van der Waals surface area contributed by atoms with Crippen LogP contribution in [0.3, 0.4) is 0 Å². The first-order chi connectivity index (χ1) is 7.47. The van der Waals surface area contributed by atoms with Crippen molar-refractivity contribution in [3.8, 4) is 11.4 Å². The molecule has 2 rings (SSSR count). The summed E-state index contributed by atoms with van der Waals surface area (Å²) in [5.74, 6) is 0.316. The SMILES string of the molecule is FC(F)(F)c1cccc(-c2ncc(Cl)[nH]2)c1. The van der Waals surface area contributed by atoms with Crippen LogP contribution in [0.1, 0.15) is 5.56 Å². The summed E-state index contributed by atoms with van der Waals surface area (Å²) in [7, 11) is 0. The topological polar surface area (TPSA) is 28.7 Å². The molecule has 0 fully saturated rings. The van der Waals surface area contributed by atoms with Crippen LogP contribution in [0, 0.1) is 0 Å². The summed E-state index contributed by atoms with van der Waals surface area (Å²) in [5.41, 5.74) is -0.362. The van der Waals surface area contributed by atoms with E-state index in [1.807, 2.05) is 0 Å². The second kappa shape index (κ2) is 3.83. The van der Waals surface area contributed by atoms with Crippen molar-refractivity contribution in [2.75, 3.05) is 0 Å². The molecule has 0 aliphatic rings. The average molecular weight is 247 g/mol. The monoisotopic (exact) mass is 246 g/mol. The molecule has 0 aliphatic carbocycles. The Bertz CT molecular complexity index is 505. The van der Waals surface area contributed by atoms with E-state index in [1.165, 1.54) is 18.3 Å². The van der Waals surface area contributed by atoms with Gasteiger partial charge in [-0.25, -0.2) is 4.98 Å². The van der Waals surface area contributed by atoms with Gasteiger partial charge in [-0.2, -0.15) is 13.2 Å². The summed E-state index contributed by atoms with van der Waals surface area (Å²) in [5, 5.41) is 0.285. The molecule has 0 saturated carbocycles. The van der Waals surface area contributed by atoms with Crippen LogP contribution in [-0.2, 0) is 6.18 Å². The van der Waals surface area contributed by atoms with E-state index in [0.717, 1.165) is 12.1 Å². The molecule has 0 unspecified atom stereocenters. The summed E-state index contributed by atoms with van der Waals surface area (Å²) in [6.07, 6.45) is -3.01. The molecule has 6 heteroatoms. The van der Waals surface area contributed by atoms with Gasteiger partial charge in [-0.15, -0.1) is 0 Å². The first kappa shape index (κ1) is 11.0. The van der Waals surface area contributed by atoms with Crippen molar-refractivity contribution in [1.82, 2.24) is 9.97 Å². The third kappa shape index (κ3) is 2.19. The number of rotatable bonds is 1. The molecule has 2 nitrogen and oxygen atoms in total. The fourth-order valence-electron chi connectivity index (χ4n) is 1.29. The van der Waals surface area contributed by atoms with Crippen LogP contribution in [0.5, 0.6) is 0 Å². The largest absolute Gasteiger partial charge is 0.416 e. The van der Waals surface area contributed by atoms with Crippen molar-refractivity contribution in [3.05, 3.63) is 41.2 Å². The van der Waals surface area contributed by atoms with Crippen LogP contribution in [0.25, 0.3) is 11.4 Å². The molecule has 0 saturated heterocycles. The Kier molecular flexibility index (Phi) is 2.63. The molecule has 0 radical (unpaired) electrons. The van der Waals surface area contributed by atoms with Crippen molar-refractivity contribution in [2.24, 2.45) is 0 Å². The number of imidazole rings is 1. The van der Waals surface area contributed by atoms with Gasteiger partial charge in [-0.3, -0.25) is 0 Å². The Balaban J connectivity index is 2.44. The van der Waals surface area contributed by atoms with Gasteiger partial charge in [-0.1, -0.05) is 23.7 Å². The zero-order valence-corrected chi connectivity index (χ0v) is 8.60. The summed E-state index contributed by atoms with van der Waals surface area (Å²) < 4.78 is 37.3. The number of nitrogens with zero attached hydrogens (tertiary/aromatic N) is 1. The minimum atomic E-state index is -4.35. The standard InChI is InChI=1S/C10H6ClF3N2/c11-8-5-15-9(16-8)6-2-1-3-7(4-6)10(12,13)14/h1-5H,(H,15,16). The second-order valence-electron chi connectivity index (χ2n) is 3.16. The van der Waals surface area contributed by atoms with Crippen molar-refractivity contribution in [3.63, 3.8) is 0 Å². The second-order valence-corrected chi connectivity index (χ2v) is 3.57. The first-order valence-corrected chi connectivity index (χ1v) is 4.73. The molecule has 0 spiro atoms. The molecule has 0 amide bonds. The van der Waals surface area contributed by atoms with Crippen molar-refractivity contribution < 1.29 is 13.2 Å². The number of H-pyrrole nitrogens is 1. The predicted octanol–water partition coefficient (Wildman–Crippen LogP) is 3.75. The Morgan fingerprint density at radius 2 is 2.00 bits per heavy atom. The molecule has 1 N–H and O–H groups in total. The van der Waals surface area contributed by atoms with Crippen LogP contribution in [-0.4, -0.2) is 9.97 Å². The van der Waals surface area contributed by atoms with E-state index >= 15 is 0 Å². The quantitative estimate of drug-likeness (QED) is 0.816. The van der Waals surface area contributed by atoms with Gasteiger partial charge >= 0.3 is 6.18 Å². The lowest BCUT2D eigenvalue weighted by Gasteiger charge is -2.07. The number of nitrogens with one attached hydrogen (secondary N) is 1. The normalized spacial score (nSPS) is 11.8. The lowest BCUT2D eigenvalue weighted by molar-refractivity contribution is -0.137. The summed E-state index contributed by atoms with van der Waals surface area (Å²) in [4.78, 5) is 6.51. The number of hydrogen-bond acceptors (Lipinski definition) is 1. The van der Waals surface area contributed by atoms with Gasteiger partial charge in [-0.05, 0) is 12.1 Å². The van der Waals surface area contributed by atoms with Crippen LogP contribution in [0.15, 0.2) is 30.5 Å². The Hall–Kier alpha value is -1.49. The van der Waals surface area contributed by atoms with Gasteiger partial charge < -0.3 is 4.98 Å². The highest BCUT2D eigenvalue weighted by molar-refractivity contribution is 6.29. The highest BCUT2D eigenvalue weighted by Gasteiger charge is 2.30. The molecule has 16 heavy (non-hydrogen) atoms. The molecule has 2 aromatic rings. The van der Waals surface area contributed by atoms with E-state index in [2.05, 4.69) is 9.97 Å². The van der Waals surface area contributed by atoms with E-state index in [4.69, 9.17) is 11.6 Å². The molecule has 0 aliphatic heterocycles. The Morgan fingerprint density at radius 3 is 2.56 bits per heavy atom. The van der Waals surface area contributed by atoms with Crippen LogP contribution in [0.2, 0.25) is 5.15 Å². The van der Waals surface area contributed by atoms with Gasteiger partial charge in [0.25, 0.3) is 0 Å². The molecular formula is C10H6ClF3N2. The number of aromatic amines is 1. The summed E-state index contributed by atoms with van der Waals surface area (Å²) in [6, 6.07) is 4.89. The summed E-state index contributed by atoms with van der Waals surface area (Å²) in [6.45, 7) is 0. The van der Waals surface area contributed by atoms with Crippen molar-refractivity contribution >= 4 is 11.6 Å². The molecule has 84 valence electrons. The molecule has 1 heterocycles. The average Bonchev–Trinajstić information content (AvgIpc) is 2.64. The van der Waals surface area contributed by atoms with Crippen LogP contribution >= 0.6 is 11.6 Å². The van der Waals surface area contributed by atoms with Crippen molar-refractivity contribution in [1.29, 1.82) is 0 Å². The molecule has 0 bridgehead atoms. The number of hydrogen-bond donors (Lipinski definition) is 1. The van der Waals surface area contributed by atoms with Gasteiger partial charge in [0.2, 0.25) is 0 Å². The molecule has 1 aromatic heterocycles. The van der Waals surface area contributed by atoms with E-state index in [1.54, 1.807) is 0 Å². The number of benzene rings is 1. The fraction of sp³-hybridized carbons (Fsp3) is 0.100. The lowest BCUT2D eigenvalue weighted by Crippen LogP contribution is -2.04. The maximum atomic E-state index is 12.4. The third-order valence-electron chi connectivity index (χ3n) is 2.01. The van der Waals surface area contributed by atoms with E-state index < -0.39 is 11.7 Å². The first-order valence-electron chi connectivity index (χ1n) is 4.35. The zero-order valence-electron chi connectivity index (χ0n) is 7.85. The minimum Gasteiger partial charge on any atom is -0.329 e. The molecular weight excluding hydrogens is 241 g/mol. The van der Waals surface area contributed by atoms with E-state index in [0.29, 0.717) is 11.4 Å². The maximum absolute atomic E-state index is 12.4. The third-order valence-corrected chi connectivity index (χ3v) is 2.20. The van der Waals surface area contributed by atoms with Crippen molar-refractivity contribution in [2.45, 2.75) is 6.18 Å². The van der Waals surface area contributed by atoms with Crippen LogP contribution in [0.4, 0.5) is 13.2 Å². The number of halogens is 4. The molecule has 0 atom stereocenters. The fourth-order valence-corrected chi connectivity index (χ4v) is 1.43. The Morgan fingerprint density at radius 1 is 1.25 bits per heavy atom. The number of aromatic nitrogens is 2. The van der Waals surface area contributed by atoms with Gasteiger partial charge in [0.15, 0.2) is 0 Å². The minimum absolute atomic E-state index is 0.285. The highest BCUT2D eigenvalue weighted by Crippen LogP contribution is 2.31. The van der Waals surface area contributed by atoms with Crippen LogP contribution < -0.4 is 0 Å². The predicted molar refractivity (Wildman–Crippen MR) is 54.0 cm³/mol. The zero-order chi connectivity index (χ0) is 11.8. The lowest BCUT2D eigenvalue weighted by atomic mass is 10.1. The smallest absolute Gasteiger partial charge is 0.329 e. The highest BCUT2D eigenvalue weighted by atomic mass is 35.5. The Labute approximate surface area is 94.1 Å². The van der Waals surface area contributed by atoms with E-state index in [-0.39, 0.29) is 5.15 Å². The maximum Gasteiger partial charge on any atom is 0.416 e. The van der Waals surface area contributed by atoms with Gasteiger partial charge in [0, 0.05) is 5.56 Å². The van der Waals surface area contributed by atoms with Gasteiger partial charge in [0.05, 0.1) is 11.8 Å². The van der Waals surface area contributed by atoms with E-state index in [9.17, 15) is 13.2 Å². The summed E-state index contributed by atoms with van der Waals surface area (Å²) >= 11 is 5.60. The number of alkyl halides is 3. The van der Waals surface area contributed by atoms with Gasteiger partial charge in [0.1, 0.15) is 11.0 Å². The molecule has 1 aromatic carbocycles.